The van der Waals surface area contributed by atoms with Gasteiger partial charge >= 0.3 is 0 Å². The van der Waals surface area contributed by atoms with Gasteiger partial charge in [-0.15, -0.1) is 11.3 Å². The number of fused-ring (bicyclic) bond motifs is 3. The Labute approximate surface area is 186 Å². The van der Waals surface area contributed by atoms with E-state index in [4.69, 9.17) is 9.72 Å². The van der Waals surface area contributed by atoms with Crippen molar-refractivity contribution in [3.8, 4) is 5.69 Å². The summed E-state index contributed by atoms with van der Waals surface area (Å²) in [5.74, 6) is 0.977. The molecule has 2 aromatic heterocycles. The van der Waals surface area contributed by atoms with Crippen molar-refractivity contribution in [2.24, 2.45) is 0 Å². The molecule has 0 aliphatic carbocycles. The molecular weight excluding hydrogens is 412 g/mol. The Hall–Kier alpha value is -1.63. The highest BCUT2D eigenvalue weighted by molar-refractivity contribution is 7.99. The van der Waals surface area contributed by atoms with E-state index in [1.54, 1.807) is 23.1 Å². The van der Waals surface area contributed by atoms with Crippen LogP contribution >= 0.6 is 23.1 Å². The molecule has 1 aromatic carbocycles. The quantitative estimate of drug-likeness (QED) is 0.245. The van der Waals surface area contributed by atoms with Crippen LogP contribution in [0.2, 0.25) is 0 Å². The summed E-state index contributed by atoms with van der Waals surface area (Å²) in [7, 11) is 0. The molecule has 0 radical (unpaired) electrons. The van der Waals surface area contributed by atoms with E-state index >= 15 is 0 Å². The molecule has 4 nitrogen and oxygen atoms in total. The van der Waals surface area contributed by atoms with Gasteiger partial charge in [-0.25, -0.2) is 4.98 Å². The molecule has 0 saturated heterocycles. The molecule has 0 atom stereocenters. The van der Waals surface area contributed by atoms with E-state index in [-0.39, 0.29) is 11.2 Å². The van der Waals surface area contributed by atoms with E-state index < -0.39 is 0 Å². The summed E-state index contributed by atoms with van der Waals surface area (Å²) in [6.45, 7) is 9.02. The van der Waals surface area contributed by atoms with Gasteiger partial charge in [0.15, 0.2) is 5.16 Å². The molecule has 3 aromatic rings. The Bertz CT molecular complexity index is 1110. The third kappa shape index (κ3) is 4.23. The average molecular weight is 443 g/mol. The number of ether oxygens (including phenoxy) is 1. The summed E-state index contributed by atoms with van der Waals surface area (Å²) in [5, 5.41) is 1.59. The molecule has 0 fully saturated rings. The summed E-state index contributed by atoms with van der Waals surface area (Å²) in [6, 6.07) is 8.09. The van der Waals surface area contributed by atoms with Gasteiger partial charge in [0.2, 0.25) is 0 Å². The van der Waals surface area contributed by atoms with Crippen molar-refractivity contribution in [1.29, 1.82) is 0 Å². The summed E-state index contributed by atoms with van der Waals surface area (Å²) in [5.41, 5.74) is 2.94. The number of hydrogen-bond acceptors (Lipinski definition) is 5. The lowest BCUT2D eigenvalue weighted by Gasteiger charge is -2.30. The number of nitrogens with zero attached hydrogens (tertiary/aromatic N) is 2. The number of thioether (sulfide) groups is 1. The standard InChI is InChI=1S/C24H30N2O2S2/c1-5-6-7-10-13-29-23-25-21-20(17-14-24(3,4)28-15-19(17)30-21)22(27)26(23)18-12-9-8-11-16(18)2/h8-9,11-12H,5-7,10,13-15H2,1-4H3. The number of aromatic nitrogens is 2. The number of aryl methyl sites for hydroxylation is 1. The molecule has 1 aliphatic heterocycles. The maximum Gasteiger partial charge on any atom is 0.267 e. The summed E-state index contributed by atoms with van der Waals surface area (Å²) in [6.07, 6.45) is 5.59. The third-order valence-electron chi connectivity index (χ3n) is 5.66. The summed E-state index contributed by atoms with van der Waals surface area (Å²) >= 11 is 3.32. The molecule has 3 heterocycles. The van der Waals surface area contributed by atoms with Gasteiger partial charge < -0.3 is 4.74 Å². The average Bonchev–Trinajstić information content (AvgIpc) is 3.05. The van der Waals surface area contributed by atoms with Crippen LogP contribution in [0, 0.1) is 6.92 Å². The van der Waals surface area contributed by atoms with Gasteiger partial charge in [-0.1, -0.05) is 56.1 Å². The van der Waals surface area contributed by atoms with Crippen LogP contribution in [0.1, 0.15) is 62.5 Å². The predicted octanol–water partition coefficient (Wildman–Crippen LogP) is 6.28. The first-order chi connectivity index (χ1) is 14.4. The van der Waals surface area contributed by atoms with Crippen molar-refractivity contribution in [3.63, 3.8) is 0 Å². The van der Waals surface area contributed by atoms with Crippen molar-refractivity contribution in [1.82, 2.24) is 9.55 Å². The van der Waals surface area contributed by atoms with Crippen molar-refractivity contribution < 1.29 is 4.74 Å². The zero-order valence-electron chi connectivity index (χ0n) is 18.3. The topological polar surface area (TPSA) is 44.1 Å². The fourth-order valence-electron chi connectivity index (χ4n) is 3.99. The Kier molecular flexibility index (Phi) is 6.37. The van der Waals surface area contributed by atoms with Gasteiger partial charge in [0, 0.05) is 17.1 Å². The molecule has 0 unspecified atom stereocenters. The first-order valence-corrected chi connectivity index (χ1v) is 12.6. The fraction of sp³-hybridized carbons (Fsp3) is 0.500. The molecule has 0 saturated carbocycles. The van der Waals surface area contributed by atoms with Crippen LogP contribution in [0.15, 0.2) is 34.2 Å². The second-order valence-electron chi connectivity index (χ2n) is 8.64. The normalized spacial score (nSPS) is 15.5. The molecular formula is C24H30N2O2S2. The molecule has 30 heavy (non-hydrogen) atoms. The van der Waals surface area contributed by atoms with Gasteiger partial charge in [0.25, 0.3) is 5.56 Å². The van der Waals surface area contributed by atoms with Crippen molar-refractivity contribution in [2.45, 2.75) is 77.2 Å². The van der Waals surface area contributed by atoms with Crippen LogP contribution in [0.3, 0.4) is 0 Å². The monoisotopic (exact) mass is 442 g/mol. The highest BCUT2D eigenvalue weighted by atomic mass is 32.2. The largest absolute Gasteiger partial charge is 0.370 e. The van der Waals surface area contributed by atoms with E-state index in [0.29, 0.717) is 6.61 Å². The molecule has 6 heteroatoms. The minimum absolute atomic E-state index is 0.0561. The zero-order chi connectivity index (χ0) is 21.3. The van der Waals surface area contributed by atoms with Gasteiger partial charge in [0.05, 0.1) is 23.3 Å². The van der Waals surface area contributed by atoms with E-state index in [9.17, 15) is 4.79 Å². The van der Waals surface area contributed by atoms with E-state index in [1.807, 2.05) is 22.8 Å². The maximum atomic E-state index is 13.9. The van der Waals surface area contributed by atoms with Crippen molar-refractivity contribution >= 4 is 33.3 Å². The van der Waals surface area contributed by atoms with Gasteiger partial charge in [0.1, 0.15) is 4.83 Å². The third-order valence-corrected chi connectivity index (χ3v) is 7.78. The highest BCUT2D eigenvalue weighted by Crippen LogP contribution is 2.38. The second kappa shape index (κ2) is 8.85. The Morgan fingerprint density at radius 3 is 2.80 bits per heavy atom. The minimum Gasteiger partial charge on any atom is -0.370 e. The molecule has 0 N–H and O–H groups in total. The van der Waals surface area contributed by atoms with Crippen LogP contribution < -0.4 is 5.56 Å². The molecule has 1 aliphatic rings. The summed E-state index contributed by atoms with van der Waals surface area (Å²) < 4.78 is 7.84. The number of hydrogen-bond donors (Lipinski definition) is 0. The Morgan fingerprint density at radius 2 is 2.03 bits per heavy atom. The maximum absolute atomic E-state index is 13.9. The highest BCUT2D eigenvalue weighted by Gasteiger charge is 2.31. The van der Waals surface area contributed by atoms with Crippen LogP contribution in [0.5, 0.6) is 0 Å². The van der Waals surface area contributed by atoms with Crippen LogP contribution in [0.4, 0.5) is 0 Å². The predicted molar refractivity (Wildman–Crippen MR) is 127 cm³/mol. The van der Waals surface area contributed by atoms with Crippen molar-refractivity contribution in [2.75, 3.05) is 5.75 Å². The molecule has 4 rings (SSSR count). The second-order valence-corrected chi connectivity index (χ2v) is 10.8. The number of rotatable bonds is 7. The lowest BCUT2D eigenvalue weighted by atomic mass is 9.94. The van der Waals surface area contributed by atoms with Crippen molar-refractivity contribution in [3.05, 3.63) is 50.6 Å². The lowest BCUT2D eigenvalue weighted by Crippen LogP contribution is -2.32. The number of para-hydroxylation sites is 1. The SMILES string of the molecule is CCCCCCSc1nc2sc3c(c2c(=O)n1-c1ccccc1C)CC(C)(C)OC3. The van der Waals surface area contributed by atoms with E-state index in [2.05, 4.69) is 33.8 Å². The van der Waals surface area contributed by atoms with Crippen LogP contribution in [0.25, 0.3) is 15.9 Å². The van der Waals surface area contributed by atoms with Crippen LogP contribution in [-0.2, 0) is 17.8 Å². The van der Waals surface area contributed by atoms with Gasteiger partial charge in [-0.05, 0) is 44.4 Å². The van der Waals surface area contributed by atoms with Crippen LogP contribution in [-0.4, -0.2) is 20.9 Å². The van der Waals surface area contributed by atoms with Gasteiger partial charge in [-0.3, -0.25) is 9.36 Å². The first-order valence-electron chi connectivity index (χ1n) is 10.8. The molecule has 0 spiro atoms. The molecule has 0 bridgehead atoms. The molecule has 0 amide bonds. The molecule has 160 valence electrons. The number of benzene rings is 1. The first kappa shape index (κ1) is 21.6. The summed E-state index contributed by atoms with van der Waals surface area (Å²) in [4.78, 5) is 20.9. The zero-order valence-corrected chi connectivity index (χ0v) is 19.9. The fourth-order valence-corrected chi connectivity index (χ4v) is 6.14. The van der Waals surface area contributed by atoms with Gasteiger partial charge in [-0.2, -0.15) is 0 Å². The Morgan fingerprint density at radius 1 is 1.23 bits per heavy atom. The van der Waals surface area contributed by atoms with E-state index in [0.717, 1.165) is 55.7 Å². The lowest BCUT2D eigenvalue weighted by molar-refractivity contribution is -0.0379. The Balaban J connectivity index is 1.84. The van der Waals surface area contributed by atoms with E-state index in [1.165, 1.54) is 19.3 Å². The number of thiophene rings is 1. The number of unbranched alkanes of at least 4 members (excludes halogenated alkanes) is 3. The smallest absolute Gasteiger partial charge is 0.267 e. The minimum atomic E-state index is -0.256.